The van der Waals surface area contributed by atoms with Crippen LogP contribution >= 0.6 is 0 Å². The van der Waals surface area contributed by atoms with Gasteiger partial charge in [-0.1, -0.05) is 5.16 Å². The van der Waals surface area contributed by atoms with Crippen LogP contribution in [0, 0.1) is 11.6 Å². The number of hydrogen-bond acceptors (Lipinski definition) is 10. The van der Waals surface area contributed by atoms with Gasteiger partial charge >= 0.3 is 6.01 Å². The molecule has 2 aromatic heterocycles. The minimum Gasteiger partial charge on any atom is -0.370 e. The molecule has 0 bridgehead atoms. The number of hydrogen-bond donors (Lipinski definition) is 1. The molecule has 0 radical (unpaired) electrons. The van der Waals surface area contributed by atoms with Gasteiger partial charge in [0, 0.05) is 69.2 Å². The summed E-state index contributed by atoms with van der Waals surface area (Å²) in [6, 6.07) is 3.85. The van der Waals surface area contributed by atoms with E-state index < -0.39 is 23.6 Å². The molecule has 1 aromatic carbocycles. The molecule has 1 aliphatic carbocycles. The smallest absolute Gasteiger partial charge is 0.324 e. The largest absolute Gasteiger partial charge is 0.370 e. The summed E-state index contributed by atoms with van der Waals surface area (Å²) >= 11 is 0. The van der Waals surface area contributed by atoms with Gasteiger partial charge in [-0.25, -0.2) is 18.7 Å². The maximum absolute atomic E-state index is 14.4. The number of nitrogens with zero attached hydrogens (tertiary/aromatic N) is 7. The molecule has 13 heteroatoms. The van der Waals surface area contributed by atoms with Crippen molar-refractivity contribution in [3.8, 4) is 0 Å². The molecule has 2 N–H and O–H groups in total. The highest BCUT2D eigenvalue weighted by Gasteiger charge is 2.40. The fourth-order valence-electron chi connectivity index (χ4n) is 6.45. The molecule has 3 saturated heterocycles. The number of benzene rings is 1. The minimum absolute atomic E-state index is 0.0706. The van der Waals surface area contributed by atoms with Crippen LogP contribution in [-0.4, -0.2) is 81.8 Å². The molecule has 0 spiro atoms. The second-order valence-electron chi connectivity index (χ2n) is 11.7. The zero-order chi connectivity index (χ0) is 28.8. The fraction of sp³-hybridized carbons (Fsp3) is 0.552. The number of carbonyl (C=O) groups is 1. The standard InChI is InChI=1S/C29H34F2N8O3/c30-18-3-6-23(31)21(12-18)22-15-38(16-24(22)32)28-33-13-17(14-34-28)27(40)39(19-4-5-19)20-7-9-37(10-8-20)29-35-26(36-42-29)25-2-1-11-41-25/h3,6,12-14,19-20,22,24-25H,1-2,4-5,7-11,15-16,32H2/t22-,24+,25-/m1/s1. The van der Waals surface area contributed by atoms with Crippen LogP contribution in [0.4, 0.5) is 20.7 Å². The van der Waals surface area contributed by atoms with Crippen LogP contribution in [0.5, 0.6) is 0 Å². The Balaban J connectivity index is 0.991. The van der Waals surface area contributed by atoms with Crippen LogP contribution in [-0.2, 0) is 4.74 Å². The van der Waals surface area contributed by atoms with Crippen LogP contribution in [0.1, 0.15) is 72.3 Å². The Morgan fingerprint density at radius 1 is 1.00 bits per heavy atom. The Labute approximate surface area is 242 Å². The lowest BCUT2D eigenvalue weighted by atomic mass is 9.94. The van der Waals surface area contributed by atoms with E-state index in [2.05, 4.69) is 25.0 Å². The predicted molar refractivity (Wildman–Crippen MR) is 148 cm³/mol. The molecule has 42 heavy (non-hydrogen) atoms. The molecular formula is C29H34F2N8O3. The van der Waals surface area contributed by atoms with Crippen LogP contribution in [0.25, 0.3) is 0 Å². The Bertz CT molecular complexity index is 1420. The highest BCUT2D eigenvalue weighted by Crippen LogP contribution is 2.35. The third-order valence-electron chi connectivity index (χ3n) is 8.84. The lowest BCUT2D eigenvalue weighted by Gasteiger charge is -2.38. The van der Waals surface area contributed by atoms with Gasteiger partial charge in [-0.15, -0.1) is 0 Å². The van der Waals surface area contributed by atoms with Crippen LogP contribution in [0.2, 0.25) is 0 Å². The van der Waals surface area contributed by atoms with Crippen LogP contribution < -0.4 is 15.5 Å². The van der Waals surface area contributed by atoms with Crippen molar-refractivity contribution in [3.63, 3.8) is 0 Å². The van der Waals surface area contributed by atoms with Gasteiger partial charge in [0.2, 0.25) is 11.8 Å². The molecule has 1 amide bonds. The van der Waals surface area contributed by atoms with Gasteiger partial charge in [-0.2, -0.15) is 4.98 Å². The summed E-state index contributed by atoms with van der Waals surface area (Å²) in [5.74, 6) is -0.423. The zero-order valence-corrected chi connectivity index (χ0v) is 23.2. The van der Waals surface area contributed by atoms with Crippen LogP contribution in [0.3, 0.4) is 0 Å². The number of carbonyl (C=O) groups excluding carboxylic acids is 1. The van der Waals surface area contributed by atoms with E-state index in [0.717, 1.165) is 57.3 Å². The topological polar surface area (TPSA) is 127 Å². The highest BCUT2D eigenvalue weighted by molar-refractivity contribution is 5.94. The minimum atomic E-state index is -0.500. The predicted octanol–water partition coefficient (Wildman–Crippen LogP) is 3.19. The molecular weight excluding hydrogens is 546 g/mol. The number of anilines is 2. The quantitative estimate of drug-likeness (QED) is 0.445. The Hall–Kier alpha value is -3.71. The maximum Gasteiger partial charge on any atom is 0.324 e. The van der Waals surface area contributed by atoms with Gasteiger partial charge in [0.25, 0.3) is 5.91 Å². The number of amides is 1. The molecule has 1 saturated carbocycles. The van der Waals surface area contributed by atoms with Crippen molar-refractivity contribution in [1.82, 2.24) is 25.0 Å². The second kappa shape index (κ2) is 11.2. The van der Waals surface area contributed by atoms with Crippen molar-refractivity contribution >= 4 is 17.9 Å². The van der Waals surface area contributed by atoms with E-state index in [1.165, 1.54) is 6.07 Å². The first-order valence-corrected chi connectivity index (χ1v) is 14.7. The number of ether oxygens (including phenoxy) is 1. The normalized spacial score (nSPS) is 24.9. The summed E-state index contributed by atoms with van der Waals surface area (Å²) in [6.07, 6.45) is 8.51. The number of rotatable bonds is 7. The van der Waals surface area contributed by atoms with Gasteiger partial charge in [-0.3, -0.25) is 4.79 Å². The van der Waals surface area contributed by atoms with Gasteiger partial charge < -0.3 is 29.7 Å². The van der Waals surface area contributed by atoms with E-state index in [9.17, 15) is 13.6 Å². The molecule has 0 unspecified atom stereocenters. The average Bonchev–Trinajstić information content (AvgIpc) is 3.37. The summed E-state index contributed by atoms with van der Waals surface area (Å²) in [7, 11) is 0. The Kier molecular flexibility index (Phi) is 7.22. The number of halogens is 2. The van der Waals surface area contributed by atoms with E-state index in [4.69, 9.17) is 15.0 Å². The Morgan fingerprint density at radius 3 is 2.48 bits per heavy atom. The van der Waals surface area contributed by atoms with Crippen molar-refractivity contribution < 1.29 is 22.8 Å². The monoisotopic (exact) mass is 580 g/mol. The molecule has 5 heterocycles. The van der Waals surface area contributed by atoms with Crippen molar-refractivity contribution in [2.24, 2.45) is 5.73 Å². The highest BCUT2D eigenvalue weighted by atomic mass is 19.1. The van der Waals surface area contributed by atoms with Crippen molar-refractivity contribution in [2.75, 3.05) is 42.6 Å². The zero-order valence-electron chi connectivity index (χ0n) is 23.2. The number of aromatic nitrogens is 4. The van der Waals surface area contributed by atoms with Crippen LogP contribution in [0.15, 0.2) is 35.1 Å². The lowest BCUT2D eigenvalue weighted by molar-refractivity contribution is 0.0628. The SMILES string of the molecule is N[C@H]1CN(c2ncc(C(=O)N(C3CC3)C3CCN(c4nc([C@H]5CCCO5)no4)CC3)cn2)C[C@@H]1c1cc(F)ccc1F. The van der Waals surface area contributed by atoms with E-state index >= 15 is 0 Å². The maximum atomic E-state index is 14.4. The Morgan fingerprint density at radius 2 is 1.76 bits per heavy atom. The second-order valence-corrected chi connectivity index (χ2v) is 11.7. The molecule has 4 fully saturated rings. The third-order valence-corrected chi connectivity index (χ3v) is 8.84. The molecule has 3 aromatic rings. The van der Waals surface area contributed by atoms with E-state index in [1.807, 2.05) is 9.80 Å². The first-order chi connectivity index (χ1) is 20.4. The van der Waals surface area contributed by atoms with E-state index in [-0.39, 0.29) is 29.7 Å². The molecule has 222 valence electrons. The summed E-state index contributed by atoms with van der Waals surface area (Å²) in [5, 5.41) is 4.13. The van der Waals surface area contributed by atoms with E-state index in [0.29, 0.717) is 49.5 Å². The van der Waals surface area contributed by atoms with Gasteiger partial charge in [0.15, 0.2) is 0 Å². The molecule has 4 aliphatic rings. The van der Waals surface area contributed by atoms with Gasteiger partial charge in [-0.05, 0) is 62.3 Å². The first-order valence-electron chi connectivity index (χ1n) is 14.7. The summed E-state index contributed by atoms with van der Waals surface area (Å²) in [5.41, 5.74) is 6.99. The van der Waals surface area contributed by atoms with Gasteiger partial charge in [0.1, 0.15) is 17.7 Å². The van der Waals surface area contributed by atoms with Crippen molar-refractivity contribution in [3.05, 3.63) is 59.2 Å². The number of piperidine rings is 1. The summed E-state index contributed by atoms with van der Waals surface area (Å²) in [6.45, 7) is 2.91. The molecule has 3 atom stereocenters. The van der Waals surface area contributed by atoms with Crippen molar-refractivity contribution in [1.29, 1.82) is 0 Å². The first kappa shape index (κ1) is 27.1. The average molecular weight is 581 g/mol. The molecule has 11 nitrogen and oxygen atoms in total. The van der Waals surface area contributed by atoms with Crippen molar-refractivity contribution in [2.45, 2.75) is 68.7 Å². The lowest BCUT2D eigenvalue weighted by Crippen LogP contribution is -2.48. The van der Waals surface area contributed by atoms with Gasteiger partial charge in [0.05, 0.1) is 5.56 Å². The third kappa shape index (κ3) is 5.31. The molecule has 7 rings (SSSR count). The number of nitrogens with two attached hydrogens (primary N) is 1. The summed E-state index contributed by atoms with van der Waals surface area (Å²) in [4.78, 5) is 33.2. The van der Waals surface area contributed by atoms with E-state index in [1.54, 1.807) is 12.4 Å². The molecule has 3 aliphatic heterocycles. The fourth-order valence-corrected chi connectivity index (χ4v) is 6.45. The summed E-state index contributed by atoms with van der Waals surface area (Å²) < 4.78 is 39.4.